The zero-order valence-corrected chi connectivity index (χ0v) is 12.0. The fourth-order valence-corrected chi connectivity index (χ4v) is 3.06. The molecular formula is C15H30N2. The number of hydrogen-bond donors (Lipinski definition) is 1. The summed E-state index contributed by atoms with van der Waals surface area (Å²) in [5, 5.41) is 3.65. The van der Waals surface area contributed by atoms with Crippen LogP contribution in [-0.2, 0) is 0 Å². The van der Waals surface area contributed by atoms with E-state index in [0.29, 0.717) is 5.41 Å². The van der Waals surface area contributed by atoms with Crippen LogP contribution in [0.15, 0.2) is 0 Å². The number of unbranched alkanes of at least 4 members (excludes halogenated alkanes) is 1. The number of hydrogen-bond acceptors (Lipinski definition) is 2. The molecule has 1 aliphatic carbocycles. The lowest BCUT2D eigenvalue weighted by atomic mass is 9.98. The van der Waals surface area contributed by atoms with Gasteiger partial charge in [0.2, 0.25) is 0 Å². The van der Waals surface area contributed by atoms with Gasteiger partial charge in [-0.25, -0.2) is 0 Å². The van der Waals surface area contributed by atoms with Gasteiger partial charge in [0.05, 0.1) is 0 Å². The van der Waals surface area contributed by atoms with Crippen LogP contribution in [0.5, 0.6) is 0 Å². The van der Waals surface area contributed by atoms with Gasteiger partial charge in [-0.15, -0.1) is 0 Å². The third-order valence-electron chi connectivity index (χ3n) is 5.01. The molecule has 0 spiro atoms. The molecule has 1 N–H and O–H groups in total. The normalized spacial score (nSPS) is 28.6. The number of nitrogens with zero attached hydrogens (tertiary/aromatic N) is 1. The third-order valence-corrected chi connectivity index (χ3v) is 5.01. The molecule has 2 fully saturated rings. The quantitative estimate of drug-likeness (QED) is 0.733. The smallest absolute Gasteiger partial charge is 0.0195 e. The summed E-state index contributed by atoms with van der Waals surface area (Å²) in [6.45, 7) is 11.0. The van der Waals surface area contributed by atoms with Crippen LogP contribution in [0, 0.1) is 5.41 Å². The second-order valence-electron chi connectivity index (χ2n) is 6.47. The van der Waals surface area contributed by atoms with E-state index in [0.717, 1.165) is 12.1 Å². The molecule has 2 nitrogen and oxygen atoms in total. The minimum absolute atomic E-state index is 0.631. The highest BCUT2D eigenvalue weighted by Gasteiger charge is 2.44. The van der Waals surface area contributed by atoms with E-state index in [2.05, 4.69) is 31.0 Å². The first kappa shape index (κ1) is 13.4. The van der Waals surface area contributed by atoms with E-state index in [1.807, 2.05) is 0 Å². The molecule has 2 heteroatoms. The van der Waals surface area contributed by atoms with Crippen LogP contribution in [0.3, 0.4) is 0 Å². The fraction of sp³-hybridized carbons (Fsp3) is 1.00. The van der Waals surface area contributed by atoms with Gasteiger partial charge in [-0.3, -0.25) is 4.90 Å². The van der Waals surface area contributed by atoms with Crippen molar-refractivity contribution >= 4 is 0 Å². The standard InChI is InChI=1S/C15H30N2/c1-4-5-11-17(12-14-7-6-10-16-14)13(2)15(3)8-9-15/h13-14,16H,4-12H2,1-3H3. The van der Waals surface area contributed by atoms with Crippen LogP contribution in [0.2, 0.25) is 0 Å². The van der Waals surface area contributed by atoms with Crippen molar-refractivity contribution in [2.75, 3.05) is 19.6 Å². The molecule has 1 heterocycles. The topological polar surface area (TPSA) is 15.3 Å². The molecule has 0 radical (unpaired) electrons. The monoisotopic (exact) mass is 238 g/mol. The molecule has 0 aromatic carbocycles. The minimum Gasteiger partial charge on any atom is -0.313 e. The second kappa shape index (κ2) is 5.71. The van der Waals surface area contributed by atoms with E-state index in [1.165, 1.54) is 58.2 Å². The third kappa shape index (κ3) is 3.45. The van der Waals surface area contributed by atoms with E-state index in [4.69, 9.17) is 0 Å². The van der Waals surface area contributed by atoms with Gasteiger partial charge in [0.25, 0.3) is 0 Å². The predicted octanol–water partition coefficient (Wildman–Crippen LogP) is 3.03. The Labute approximate surface area is 107 Å². The summed E-state index contributed by atoms with van der Waals surface area (Å²) in [4.78, 5) is 2.76. The Kier molecular flexibility index (Phi) is 4.48. The van der Waals surface area contributed by atoms with Crippen molar-refractivity contribution in [1.82, 2.24) is 10.2 Å². The van der Waals surface area contributed by atoms with Crippen molar-refractivity contribution in [2.24, 2.45) is 5.41 Å². The van der Waals surface area contributed by atoms with Crippen molar-refractivity contribution in [3.05, 3.63) is 0 Å². The van der Waals surface area contributed by atoms with Gasteiger partial charge >= 0.3 is 0 Å². The first-order chi connectivity index (χ1) is 8.15. The van der Waals surface area contributed by atoms with E-state index in [-0.39, 0.29) is 0 Å². The molecule has 2 rings (SSSR count). The molecule has 0 amide bonds. The Morgan fingerprint density at radius 2 is 2.18 bits per heavy atom. The Hall–Kier alpha value is -0.0800. The van der Waals surface area contributed by atoms with Gasteiger partial charge in [0, 0.05) is 18.6 Å². The van der Waals surface area contributed by atoms with Crippen molar-refractivity contribution in [1.29, 1.82) is 0 Å². The molecule has 1 saturated carbocycles. The lowest BCUT2D eigenvalue weighted by Crippen LogP contribution is -2.45. The SMILES string of the molecule is CCCCN(CC1CCCN1)C(C)C1(C)CC1. The Morgan fingerprint density at radius 3 is 2.71 bits per heavy atom. The minimum atomic E-state index is 0.631. The molecular weight excluding hydrogens is 208 g/mol. The highest BCUT2D eigenvalue weighted by atomic mass is 15.2. The van der Waals surface area contributed by atoms with Crippen molar-refractivity contribution in [3.63, 3.8) is 0 Å². The summed E-state index contributed by atoms with van der Waals surface area (Å²) in [7, 11) is 0. The first-order valence-corrected chi connectivity index (χ1v) is 7.63. The summed E-state index contributed by atoms with van der Waals surface area (Å²) < 4.78 is 0. The van der Waals surface area contributed by atoms with Crippen molar-refractivity contribution in [3.8, 4) is 0 Å². The van der Waals surface area contributed by atoms with Crippen LogP contribution in [0.4, 0.5) is 0 Å². The Bertz CT molecular complexity index is 229. The number of nitrogens with one attached hydrogen (secondary N) is 1. The van der Waals surface area contributed by atoms with Gasteiger partial charge in [0.15, 0.2) is 0 Å². The zero-order valence-electron chi connectivity index (χ0n) is 12.0. The largest absolute Gasteiger partial charge is 0.313 e. The lowest BCUT2D eigenvalue weighted by molar-refractivity contribution is 0.135. The van der Waals surface area contributed by atoms with Crippen molar-refractivity contribution < 1.29 is 0 Å². The summed E-state index contributed by atoms with van der Waals surface area (Å²) in [6, 6.07) is 1.54. The van der Waals surface area contributed by atoms with Crippen LogP contribution < -0.4 is 5.32 Å². The average Bonchev–Trinajstić information content (AvgIpc) is 2.88. The Balaban J connectivity index is 1.87. The molecule has 0 aromatic heterocycles. The molecule has 2 unspecified atom stereocenters. The highest BCUT2D eigenvalue weighted by Crippen LogP contribution is 2.49. The highest BCUT2D eigenvalue weighted by molar-refractivity contribution is 4.98. The molecule has 1 saturated heterocycles. The van der Waals surface area contributed by atoms with E-state index in [9.17, 15) is 0 Å². The molecule has 0 bridgehead atoms. The first-order valence-electron chi connectivity index (χ1n) is 7.63. The molecule has 17 heavy (non-hydrogen) atoms. The summed E-state index contributed by atoms with van der Waals surface area (Å²) in [5.74, 6) is 0. The van der Waals surface area contributed by atoms with Gasteiger partial charge < -0.3 is 5.32 Å². The molecule has 100 valence electrons. The van der Waals surface area contributed by atoms with Crippen LogP contribution in [0.25, 0.3) is 0 Å². The van der Waals surface area contributed by atoms with E-state index >= 15 is 0 Å². The maximum absolute atomic E-state index is 3.65. The summed E-state index contributed by atoms with van der Waals surface area (Å²) >= 11 is 0. The summed E-state index contributed by atoms with van der Waals surface area (Å²) in [5.41, 5.74) is 0.631. The fourth-order valence-electron chi connectivity index (χ4n) is 3.06. The molecule has 2 atom stereocenters. The average molecular weight is 238 g/mol. The lowest BCUT2D eigenvalue weighted by Gasteiger charge is -2.35. The second-order valence-corrected chi connectivity index (χ2v) is 6.47. The van der Waals surface area contributed by atoms with Crippen LogP contribution in [0.1, 0.15) is 59.3 Å². The maximum atomic E-state index is 3.65. The van der Waals surface area contributed by atoms with Gasteiger partial charge in [0.1, 0.15) is 0 Å². The van der Waals surface area contributed by atoms with E-state index < -0.39 is 0 Å². The molecule has 0 aromatic rings. The van der Waals surface area contributed by atoms with Crippen LogP contribution >= 0.6 is 0 Å². The predicted molar refractivity (Wildman–Crippen MR) is 74.3 cm³/mol. The summed E-state index contributed by atoms with van der Waals surface area (Å²) in [6.07, 6.45) is 8.30. The van der Waals surface area contributed by atoms with Gasteiger partial charge in [-0.2, -0.15) is 0 Å². The van der Waals surface area contributed by atoms with Crippen LogP contribution in [-0.4, -0.2) is 36.6 Å². The van der Waals surface area contributed by atoms with Gasteiger partial charge in [-0.1, -0.05) is 20.3 Å². The molecule has 1 aliphatic heterocycles. The van der Waals surface area contributed by atoms with Gasteiger partial charge in [-0.05, 0) is 57.5 Å². The van der Waals surface area contributed by atoms with Crippen molar-refractivity contribution in [2.45, 2.75) is 71.4 Å². The zero-order chi connectivity index (χ0) is 12.3. The molecule has 2 aliphatic rings. The number of rotatable bonds is 7. The Morgan fingerprint density at radius 1 is 1.41 bits per heavy atom. The van der Waals surface area contributed by atoms with E-state index in [1.54, 1.807) is 0 Å². The maximum Gasteiger partial charge on any atom is 0.0195 e.